The fourth-order valence-corrected chi connectivity index (χ4v) is 5.51. The van der Waals surface area contributed by atoms with Crippen LogP contribution in [-0.2, 0) is 20.3 Å². The van der Waals surface area contributed by atoms with Crippen LogP contribution in [0.25, 0.3) is 11.3 Å². The molecular weight excluding hydrogens is 468 g/mol. The highest BCUT2D eigenvalue weighted by Crippen LogP contribution is 2.46. The lowest BCUT2D eigenvalue weighted by Gasteiger charge is -2.26. The summed E-state index contributed by atoms with van der Waals surface area (Å²) in [6.45, 7) is 2.35. The van der Waals surface area contributed by atoms with E-state index in [4.69, 9.17) is 21.1 Å². The monoisotopic (exact) mass is 487 g/mol. The van der Waals surface area contributed by atoms with Crippen LogP contribution in [0.15, 0.2) is 27.9 Å². The van der Waals surface area contributed by atoms with Crippen LogP contribution in [0.3, 0.4) is 0 Å². The van der Waals surface area contributed by atoms with Gasteiger partial charge in [-0.3, -0.25) is 4.79 Å². The number of fused-ring (bicyclic) bond motifs is 3. The molecule has 0 saturated heterocycles. The number of alkyl halides is 2. The van der Waals surface area contributed by atoms with Gasteiger partial charge in [-0.15, -0.1) is 0 Å². The van der Waals surface area contributed by atoms with Gasteiger partial charge in [-0.2, -0.15) is 0 Å². The Morgan fingerprint density at radius 1 is 1.25 bits per heavy atom. The normalized spacial score (nSPS) is 16.6. The van der Waals surface area contributed by atoms with Crippen molar-refractivity contribution < 1.29 is 31.5 Å². The number of halogens is 3. The number of sulfone groups is 1. The van der Waals surface area contributed by atoms with Crippen LogP contribution in [0.4, 0.5) is 8.78 Å². The van der Waals surface area contributed by atoms with E-state index in [1.807, 2.05) is 0 Å². The lowest BCUT2D eigenvalue weighted by molar-refractivity contribution is 0.0375. The number of carbonyl (C=O) groups is 1. The van der Waals surface area contributed by atoms with Crippen molar-refractivity contribution >= 4 is 27.4 Å². The quantitative estimate of drug-likeness (QED) is 0.572. The zero-order chi connectivity index (χ0) is 23.4. The Bertz CT molecular complexity index is 1270. The molecule has 1 aromatic carbocycles. The van der Waals surface area contributed by atoms with Crippen LogP contribution in [0.5, 0.6) is 5.75 Å². The maximum absolute atomic E-state index is 13.2. The fourth-order valence-electron chi connectivity index (χ4n) is 3.73. The van der Waals surface area contributed by atoms with E-state index in [-0.39, 0.29) is 38.4 Å². The molecule has 1 aromatic heterocycles. The number of esters is 1. The van der Waals surface area contributed by atoms with Crippen LogP contribution < -0.4 is 10.3 Å². The number of ether oxygens (including phenoxy) is 2. The molecule has 0 radical (unpaired) electrons. The Morgan fingerprint density at radius 2 is 1.94 bits per heavy atom. The third kappa shape index (κ3) is 4.13. The third-order valence-electron chi connectivity index (χ3n) is 5.12. The Labute approximate surface area is 187 Å². The van der Waals surface area contributed by atoms with Gasteiger partial charge in [0.2, 0.25) is 0 Å². The summed E-state index contributed by atoms with van der Waals surface area (Å²) in [6.07, 6.45) is -1.83. The first-order chi connectivity index (χ1) is 15.0. The average molecular weight is 488 g/mol. The average Bonchev–Trinajstić information content (AvgIpc) is 3.50. The number of nitrogens with zero attached hydrogens (tertiary/aromatic N) is 1. The van der Waals surface area contributed by atoms with Gasteiger partial charge in [0.05, 0.1) is 27.5 Å². The van der Waals surface area contributed by atoms with E-state index in [1.165, 1.54) is 16.7 Å². The molecule has 1 aliphatic heterocycles. The van der Waals surface area contributed by atoms with E-state index in [1.54, 1.807) is 13.8 Å². The highest BCUT2D eigenvalue weighted by molar-refractivity contribution is 7.90. The largest absolute Gasteiger partial charge is 0.486 e. The van der Waals surface area contributed by atoms with Crippen LogP contribution in [-0.4, -0.2) is 38.1 Å². The predicted octanol–water partition coefficient (Wildman–Crippen LogP) is 4.00. The minimum absolute atomic E-state index is 0.0643. The second-order valence-electron chi connectivity index (χ2n) is 8.03. The van der Waals surface area contributed by atoms with Crippen molar-refractivity contribution in [3.8, 4) is 17.0 Å². The van der Waals surface area contributed by atoms with Crippen LogP contribution in [0.1, 0.15) is 48.7 Å². The van der Waals surface area contributed by atoms with Crippen molar-refractivity contribution in [2.75, 3.05) is 6.61 Å². The summed E-state index contributed by atoms with van der Waals surface area (Å²) in [7, 11) is -3.93. The minimum atomic E-state index is -3.93. The molecule has 1 aliphatic carbocycles. The standard InChI is InChI=1S/C21H20ClF2NO6S/c1-10(2)31-21(27)14-5-11-9-32(28,29)17-7-16(30-8-18(23)24)15(22)6-13(17)19(11)25(20(14)26)12-3-4-12/h5-7,10,12,18H,3-4,8-9H2,1-2H3. The van der Waals surface area contributed by atoms with Gasteiger partial charge in [0.15, 0.2) is 9.84 Å². The first-order valence-electron chi connectivity index (χ1n) is 9.96. The molecule has 4 rings (SSSR count). The molecule has 0 spiro atoms. The minimum Gasteiger partial charge on any atom is -0.486 e. The number of pyridine rings is 1. The number of hydrogen-bond acceptors (Lipinski definition) is 6. The molecule has 2 aliphatic rings. The Balaban J connectivity index is 1.94. The molecule has 0 N–H and O–H groups in total. The van der Waals surface area contributed by atoms with Gasteiger partial charge in [0, 0.05) is 17.7 Å². The zero-order valence-electron chi connectivity index (χ0n) is 17.2. The topological polar surface area (TPSA) is 91.7 Å². The van der Waals surface area contributed by atoms with Crippen LogP contribution in [0, 0.1) is 0 Å². The van der Waals surface area contributed by atoms with Crippen LogP contribution >= 0.6 is 11.6 Å². The number of hydrogen-bond donors (Lipinski definition) is 0. The summed E-state index contributed by atoms with van der Waals surface area (Å²) in [5.41, 5.74) is -0.00143. The number of carbonyl (C=O) groups excluding carboxylic acids is 1. The van der Waals surface area contributed by atoms with Gasteiger partial charge in [-0.1, -0.05) is 11.6 Å². The lowest BCUT2D eigenvalue weighted by atomic mass is 10.0. The van der Waals surface area contributed by atoms with Gasteiger partial charge in [-0.05, 0) is 44.4 Å². The third-order valence-corrected chi connectivity index (χ3v) is 7.12. The number of rotatable bonds is 6. The van der Waals surface area contributed by atoms with Crippen molar-refractivity contribution in [2.24, 2.45) is 0 Å². The van der Waals surface area contributed by atoms with E-state index in [0.717, 1.165) is 6.07 Å². The molecule has 0 atom stereocenters. The first kappa shape index (κ1) is 22.7. The van der Waals surface area contributed by atoms with Crippen LogP contribution in [0.2, 0.25) is 5.02 Å². The Kier molecular flexibility index (Phi) is 5.79. The SMILES string of the molecule is CC(C)OC(=O)c1cc2c(n(C3CC3)c1=O)-c1cc(Cl)c(OCC(F)F)cc1S(=O)(=O)C2. The van der Waals surface area contributed by atoms with Crippen molar-refractivity contribution in [1.29, 1.82) is 0 Å². The summed E-state index contributed by atoms with van der Waals surface area (Å²) in [5.74, 6) is -1.48. The lowest BCUT2D eigenvalue weighted by Crippen LogP contribution is -2.32. The summed E-state index contributed by atoms with van der Waals surface area (Å²) < 4.78 is 62.7. The molecule has 1 saturated carbocycles. The molecule has 2 heterocycles. The van der Waals surface area contributed by atoms with Crippen molar-refractivity contribution in [1.82, 2.24) is 4.57 Å². The van der Waals surface area contributed by atoms with E-state index in [0.29, 0.717) is 18.5 Å². The van der Waals surface area contributed by atoms with Gasteiger partial charge in [-0.25, -0.2) is 22.0 Å². The molecule has 7 nitrogen and oxygen atoms in total. The summed E-state index contributed by atoms with van der Waals surface area (Å²) in [5, 5.41) is -0.0643. The van der Waals surface area contributed by atoms with Crippen molar-refractivity contribution in [3.05, 3.63) is 44.7 Å². The zero-order valence-corrected chi connectivity index (χ0v) is 18.8. The maximum atomic E-state index is 13.2. The van der Waals surface area contributed by atoms with E-state index in [9.17, 15) is 26.8 Å². The van der Waals surface area contributed by atoms with Gasteiger partial charge >= 0.3 is 5.97 Å². The number of benzene rings is 1. The molecule has 0 bridgehead atoms. The smallest absolute Gasteiger partial charge is 0.344 e. The van der Waals surface area contributed by atoms with Gasteiger partial charge < -0.3 is 14.0 Å². The Morgan fingerprint density at radius 3 is 2.53 bits per heavy atom. The van der Waals surface area contributed by atoms with E-state index in [2.05, 4.69) is 0 Å². The first-order valence-corrected chi connectivity index (χ1v) is 12.0. The van der Waals surface area contributed by atoms with Gasteiger partial charge in [0.1, 0.15) is 17.9 Å². The van der Waals surface area contributed by atoms with Crippen molar-refractivity contribution in [3.63, 3.8) is 0 Å². The van der Waals surface area contributed by atoms with Gasteiger partial charge in [0.25, 0.3) is 12.0 Å². The molecule has 0 unspecified atom stereocenters. The highest BCUT2D eigenvalue weighted by atomic mass is 35.5. The van der Waals surface area contributed by atoms with Crippen molar-refractivity contribution in [2.45, 2.75) is 55.9 Å². The fraction of sp³-hybridized carbons (Fsp3) is 0.429. The van der Waals surface area contributed by atoms with E-state index < -0.39 is 46.3 Å². The predicted molar refractivity (Wildman–Crippen MR) is 112 cm³/mol. The maximum Gasteiger partial charge on any atom is 0.344 e. The summed E-state index contributed by atoms with van der Waals surface area (Å²) in [4.78, 5) is 25.6. The highest BCUT2D eigenvalue weighted by Gasteiger charge is 2.37. The molecule has 11 heteroatoms. The van der Waals surface area contributed by atoms with E-state index >= 15 is 0 Å². The second-order valence-corrected chi connectivity index (χ2v) is 10.4. The molecule has 172 valence electrons. The Hall–Kier alpha value is -2.46. The molecule has 0 amide bonds. The molecule has 1 fully saturated rings. The second kappa shape index (κ2) is 8.15. The molecule has 32 heavy (non-hydrogen) atoms. The molecular formula is C21H20ClF2NO6S. The molecule has 2 aromatic rings. The summed E-state index contributed by atoms with van der Waals surface area (Å²) >= 11 is 6.20. The summed E-state index contributed by atoms with van der Waals surface area (Å²) in [6, 6.07) is 3.49. The number of aromatic nitrogens is 1.